The minimum absolute atomic E-state index is 0.516. The van der Waals surface area contributed by atoms with E-state index in [1.807, 2.05) is 0 Å². The zero-order valence-electron chi connectivity index (χ0n) is 11.2. The lowest BCUT2D eigenvalue weighted by atomic mass is 9.99. The van der Waals surface area contributed by atoms with Crippen molar-refractivity contribution in [2.24, 2.45) is 0 Å². The number of rotatable bonds is 1. The van der Waals surface area contributed by atoms with Crippen LogP contribution in [0.25, 0.3) is 0 Å². The third-order valence-corrected chi connectivity index (χ3v) is 3.39. The van der Waals surface area contributed by atoms with Crippen LogP contribution in [0.3, 0.4) is 0 Å². The normalized spacial score (nSPS) is 46.6. The number of hydrogen-bond acceptors (Lipinski definition) is 7. The average Bonchev–Trinajstić information content (AvgIpc) is 2.70. The second kappa shape index (κ2) is 3.89. The van der Waals surface area contributed by atoms with Crippen molar-refractivity contribution >= 4 is 5.97 Å². The first-order chi connectivity index (χ1) is 8.69. The van der Waals surface area contributed by atoms with Gasteiger partial charge in [-0.05, 0) is 27.7 Å². The van der Waals surface area contributed by atoms with E-state index in [2.05, 4.69) is 0 Å². The quantitative estimate of drug-likeness (QED) is 0.614. The molecule has 19 heavy (non-hydrogen) atoms. The molecule has 0 amide bonds. The summed E-state index contributed by atoms with van der Waals surface area (Å²) in [5.41, 5.74) is 0. The predicted octanol–water partition coefficient (Wildman–Crippen LogP) is -0.867. The number of carbonyl (C=O) groups excluding carboxylic acids is 1. The molecule has 0 aromatic rings. The van der Waals surface area contributed by atoms with Crippen LogP contribution in [-0.4, -0.2) is 48.2 Å². The van der Waals surface area contributed by atoms with Gasteiger partial charge in [0.15, 0.2) is 17.9 Å². The molecular formula is C12H17O7-. The minimum atomic E-state index is -1.34. The largest absolute Gasteiger partial charge is 0.547 e. The third-order valence-electron chi connectivity index (χ3n) is 3.39. The summed E-state index contributed by atoms with van der Waals surface area (Å²) in [4.78, 5) is 11.2. The summed E-state index contributed by atoms with van der Waals surface area (Å²) in [6.45, 7) is 6.90. The fourth-order valence-electron chi connectivity index (χ4n) is 2.80. The number of hydrogen-bond donors (Lipinski definition) is 0. The van der Waals surface area contributed by atoms with E-state index in [0.717, 1.165) is 0 Å². The van der Waals surface area contributed by atoms with Crippen LogP contribution in [0.2, 0.25) is 0 Å². The van der Waals surface area contributed by atoms with E-state index >= 15 is 0 Å². The van der Waals surface area contributed by atoms with Crippen molar-refractivity contribution < 1.29 is 33.6 Å². The Morgan fingerprint density at radius 1 is 0.895 bits per heavy atom. The highest BCUT2D eigenvalue weighted by molar-refractivity contribution is 5.71. The van der Waals surface area contributed by atoms with Gasteiger partial charge in [0.25, 0.3) is 0 Å². The number of carboxylic acid groups (broad SMARTS) is 1. The molecule has 0 aromatic heterocycles. The zero-order valence-corrected chi connectivity index (χ0v) is 11.2. The Morgan fingerprint density at radius 3 is 2.05 bits per heavy atom. The van der Waals surface area contributed by atoms with Crippen molar-refractivity contribution in [2.75, 3.05) is 0 Å². The number of carbonyl (C=O) groups is 1. The molecule has 7 nitrogen and oxygen atoms in total. The van der Waals surface area contributed by atoms with Gasteiger partial charge in [-0.1, -0.05) is 0 Å². The average molecular weight is 273 g/mol. The van der Waals surface area contributed by atoms with Crippen LogP contribution in [0, 0.1) is 0 Å². The Balaban J connectivity index is 1.91. The maximum atomic E-state index is 11.2. The number of aliphatic carboxylic acids is 1. The molecule has 3 aliphatic rings. The zero-order chi connectivity index (χ0) is 14.0. The lowest BCUT2D eigenvalue weighted by Gasteiger charge is -2.37. The Kier molecular flexibility index (Phi) is 2.72. The first-order valence-electron chi connectivity index (χ1n) is 6.26. The van der Waals surface area contributed by atoms with E-state index in [0.29, 0.717) is 0 Å². The Morgan fingerprint density at radius 2 is 1.42 bits per heavy atom. The maximum absolute atomic E-state index is 11.2. The maximum Gasteiger partial charge on any atom is 0.190 e. The molecule has 3 rings (SSSR count). The van der Waals surface area contributed by atoms with Crippen molar-refractivity contribution in [3.05, 3.63) is 0 Å². The Bertz CT molecular complexity index is 405. The van der Waals surface area contributed by atoms with Gasteiger partial charge in [0.05, 0.1) is 5.97 Å². The van der Waals surface area contributed by atoms with Crippen LogP contribution in [0.1, 0.15) is 27.7 Å². The number of ether oxygens (including phenoxy) is 5. The fraction of sp³-hybridized carbons (Fsp3) is 0.917. The highest BCUT2D eigenvalue weighted by Gasteiger charge is 2.60. The van der Waals surface area contributed by atoms with E-state index in [1.54, 1.807) is 27.7 Å². The molecule has 3 fully saturated rings. The van der Waals surface area contributed by atoms with Gasteiger partial charge in [-0.25, -0.2) is 0 Å². The Labute approximate surface area is 110 Å². The summed E-state index contributed by atoms with van der Waals surface area (Å²) in [6, 6.07) is 0. The molecular weight excluding hydrogens is 256 g/mol. The first kappa shape index (κ1) is 13.3. The topological polar surface area (TPSA) is 86.3 Å². The second-order valence-electron chi connectivity index (χ2n) is 5.91. The van der Waals surface area contributed by atoms with E-state index in [1.165, 1.54) is 0 Å². The smallest absolute Gasteiger partial charge is 0.190 e. The lowest BCUT2D eigenvalue weighted by Crippen LogP contribution is -2.60. The Hall–Kier alpha value is -0.730. The predicted molar refractivity (Wildman–Crippen MR) is 57.5 cm³/mol. The fourth-order valence-corrected chi connectivity index (χ4v) is 2.80. The van der Waals surface area contributed by atoms with Gasteiger partial charge < -0.3 is 33.6 Å². The van der Waals surface area contributed by atoms with E-state index in [-0.39, 0.29) is 0 Å². The summed E-state index contributed by atoms with van der Waals surface area (Å²) < 4.78 is 28.0. The molecule has 0 aromatic carbocycles. The van der Waals surface area contributed by atoms with Gasteiger partial charge in [0, 0.05) is 0 Å². The summed E-state index contributed by atoms with van der Waals surface area (Å²) in [6.07, 6.45) is -3.86. The molecule has 7 heteroatoms. The molecule has 108 valence electrons. The van der Waals surface area contributed by atoms with Gasteiger partial charge in [-0.2, -0.15) is 0 Å². The van der Waals surface area contributed by atoms with Crippen molar-refractivity contribution in [3.63, 3.8) is 0 Å². The number of fused-ring (bicyclic) bond motifs is 3. The summed E-state index contributed by atoms with van der Waals surface area (Å²) in [5, 5.41) is 11.2. The van der Waals surface area contributed by atoms with Crippen LogP contribution in [-0.2, 0) is 28.5 Å². The van der Waals surface area contributed by atoms with Crippen LogP contribution in [0.5, 0.6) is 0 Å². The third kappa shape index (κ3) is 2.15. The molecule has 5 atom stereocenters. The molecule has 3 saturated heterocycles. The SMILES string of the molecule is CC1(C)O[C@H]2[C@@H](O1)[C@H](C(=O)[O-])O[C@@H]1OC(C)(C)O[C@@H]12. The highest BCUT2D eigenvalue weighted by Crippen LogP contribution is 2.43. The van der Waals surface area contributed by atoms with Crippen molar-refractivity contribution in [1.29, 1.82) is 0 Å². The van der Waals surface area contributed by atoms with Crippen LogP contribution < -0.4 is 5.11 Å². The van der Waals surface area contributed by atoms with Gasteiger partial charge in [-0.15, -0.1) is 0 Å². The molecule has 3 heterocycles. The molecule has 0 aliphatic carbocycles. The summed E-state index contributed by atoms with van der Waals surface area (Å²) in [7, 11) is 0. The molecule has 0 unspecified atom stereocenters. The van der Waals surface area contributed by atoms with Crippen LogP contribution >= 0.6 is 0 Å². The second-order valence-corrected chi connectivity index (χ2v) is 5.91. The van der Waals surface area contributed by atoms with Gasteiger partial charge in [0.2, 0.25) is 0 Å². The van der Waals surface area contributed by atoms with Gasteiger partial charge in [-0.3, -0.25) is 0 Å². The monoisotopic (exact) mass is 273 g/mol. The van der Waals surface area contributed by atoms with Gasteiger partial charge in [0.1, 0.15) is 24.4 Å². The van der Waals surface area contributed by atoms with Crippen molar-refractivity contribution in [3.8, 4) is 0 Å². The van der Waals surface area contributed by atoms with Crippen molar-refractivity contribution in [2.45, 2.75) is 70.0 Å². The van der Waals surface area contributed by atoms with Crippen molar-refractivity contribution in [1.82, 2.24) is 0 Å². The summed E-state index contributed by atoms with van der Waals surface area (Å²) in [5.74, 6) is -3.09. The molecule has 0 radical (unpaired) electrons. The van der Waals surface area contributed by atoms with E-state index in [9.17, 15) is 9.90 Å². The van der Waals surface area contributed by atoms with E-state index < -0.39 is 48.2 Å². The molecule has 0 spiro atoms. The number of carboxylic acids is 1. The molecule has 0 N–H and O–H groups in total. The molecule has 3 aliphatic heterocycles. The van der Waals surface area contributed by atoms with Crippen LogP contribution in [0.4, 0.5) is 0 Å². The first-order valence-corrected chi connectivity index (χ1v) is 6.26. The highest BCUT2D eigenvalue weighted by atomic mass is 16.9. The minimum Gasteiger partial charge on any atom is -0.547 e. The molecule has 0 saturated carbocycles. The molecule has 0 bridgehead atoms. The van der Waals surface area contributed by atoms with Crippen LogP contribution in [0.15, 0.2) is 0 Å². The summed E-state index contributed by atoms with van der Waals surface area (Å²) >= 11 is 0. The standard InChI is InChI=1S/C12H18O7/c1-11(2)16-5-6(17-11)8-10(15-7(5)9(13)14)19-12(3,4)18-8/h5-8,10H,1-4H3,(H,13,14)/p-1/t5-,6+,7-,8-,10-/m1/s1. The van der Waals surface area contributed by atoms with Gasteiger partial charge >= 0.3 is 0 Å². The lowest BCUT2D eigenvalue weighted by molar-refractivity contribution is -0.334. The van der Waals surface area contributed by atoms with E-state index in [4.69, 9.17) is 23.7 Å².